The van der Waals surface area contributed by atoms with Crippen molar-refractivity contribution in [3.63, 3.8) is 0 Å². The van der Waals surface area contributed by atoms with Crippen molar-refractivity contribution >= 4 is 22.2 Å². The summed E-state index contributed by atoms with van der Waals surface area (Å²) in [6.07, 6.45) is 0.844. The molecular weight excluding hydrogens is 294 g/mol. The quantitative estimate of drug-likeness (QED) is 0.835. The summed E-state index contributed by atoms with van der Waals surface area (Å²) in [6, 6.07) is 2.32. The first-order chi connectivity index (χ1) is 9.87. The number of nitrogens with two attached hydrogens (primary N) is 1. The van der Waals surface area contributed by atoms with Gasteiger partial charge in [-0.3, -0.25) is 4.79 Å². The first kappa shape index (κ1) is 17.0. The standard InChI is InChI=1S/C17H25N3OS/c1-15(2,3)14(21)19-13-11(9-18)10-8-16(4,5)20-17(6,7)12(10)22-13/h20H,8H2,1-7H3,(H,19,21)/p+1. The van der Waals surface area contributed by atoms with E-state index in [-0.39, 0.29) is 17.0 Å². The molecule has 0 saturated heterocycles. The van der Waals surface area contributed by atoms with Crippen molar-refractivity contribution < 1.29 is 10.1 Å². The van der Waals surface area contributed by atoms with Gasteiger partial charge in [0, 0.05) is 11.8 Å². The Hall–Kier alpha value is -1.38. The number of hydrogen-bond acceptors (Lipinski definition) is 3. The molecule has 1 amide bonds. The fraction of sp³-hybridized carbons (Fsp3) is 0.647. The average molecular weight is 320 g/mol. The maximum atomic E-state index is 12.3. The number of hydrogen-bond donors (Lipinski definition) is 2. The molecule has 3 N–H and O–H groups in total. The molecule has 0 atom stereocenters. The van der Waals surface area contributed by atoms with Gasteiger partial charge in [-0.15, -0.1) is 11.3 Å². The topological polar surface area (TPSA) is 69.5 Å². The van der Waals surface area contributed by atoms with E-state index in [2.05, 4.69) is 44.4 Å². The van der Waals surface area contributed by atoms with Crippen molar-refractivity contribution in [2.24, 2.45) is 5.41 Å². The fourth-order valence-corrected chi connectivity index (χ4v) is 4.44. The summed E-state index contributed by atoms with van der Waals surface area (Å²) in [6.45, 7) is 14.4. The van der Waals surface area contributed by atoms with Gasteiger partial charge in [-0.05, 0) is 33.3 Å². The Morgan fingerprint density at radius 1 is 1.32 bits per heavy atom. The molecule has 0 aromatic carbocycles. The summed E-state index contributed by atoms with van der Waals surface area (Å²) in [5, 5.41) is 15.6. The summed E-state index contributed by atoms with van der Waals surface area (Å²) in [7, 11) is 0. The van der Waals surface area contributed by atoms with E-state index in [1.807, 2.05) is 20.8 Å². The lowest BCUT2D eigenvalue weighted by atomic mass is 9.81. The lowest BCUT2D eigenvalue weighted by Gasteiger charge is -2.38. The zero-order valence-corrected chi connectivity index (χ0v) is 15.4. The number of nitrogens with one attached hydrogen (secondary N) is 1. The summed E-state index contributed by atoms with van der Waals surface area (Å²) in [4.78, 5) is 13.5. The van der Waals surface area contributed by atoms with Gasteiger partial charge in [-0.25, -0.2) is 0 Å². The second-order valence-electron chi connectivity index (χ2n) is 8.46. The molecule has 2 rings (SSSR count). The van der Waals surface area contributed by atoms with Crippen LogP contribution in [0.5, 0.6) is 0 Å². The van der Waals surface area contributed by atoms with Crippen LogP contribution >= 0.6 is 11.3 Å². The molecule has 0 unspecified atom stereocenters. The van der Waals surface area contributed by atoms with E-state index < -0.39 is 5.41 Å². The van der Waals surface area contributed by atoms with Gasteiger partial charge < -0.3 is 10.6 Å². The van der Waals surface area contributed by atoms with Gasteiger partial charge in [-0.2, -0.15) is 5.26 Å². The monoisotopic (exact) mass is 320 g/mol. The highest BCUT2D eigenvalue weighted by atomic mass is 32.1. The van der Waals surface area contributed by atoms with Crippen LogP contribution < -0.4 is 10.6 Å². The number of nitrogens with zero attached hydrogens (tertiary/aromatic N) is 1. The number of carbonyl (C=O) groups excluding carboxylic acids is 1. The molecule has 0 bridgehead atoms. The zero-order chi connectivity index (χ0) is 16.9. The number of rotatable bonds is 1. The van der Waals surface area contributed by atoms with E-state index in [1.54, 1.807) is 11.3 Å². The van der Waals surface area contributed by atoms with Crippen LogP contribution in [0.3, 0.4) is 0 Å². The Morgan fingerprint density at radius 2 is 1.91 bits per heavy atom. The lowest BCUT2D eigenvalue weighted by molar-refractivity contribution is -0.789. The maximum absolute atomic E-state index is 12.3. The maximum Gasteiger partial charge on any atom is 0.230 e. The molecule has 1 aromatic heterocycles. The molecule has 4 nitrogen and oxygen atoms in total. The molecule has 0 spiro atoms. The average Bonchev–Trinajstić information content (AvgIpc) is 2.63. The lowest BCUT2D eigenvalue weighted by Crippen LogP contribution is -3.03. The SMILES string of the molecule is CC1(C)Cc2c(sc(NC(=O)C(C)(C)C)c2C#N)C(C)(C)[NH2+]1. The Morgan fingerprint density at radius 3 is 2.41 bits per heavy atom. The number of amides is 1. The summed E-state index contributed by atoms with van der Waals surface area (Å²) in [5.74, 6) is -0.0522. The van der Waals surface area contributed by atoms with Gasteiger partial charge in [0.05, 0.1) is 16.0 Å². The smallest absolute Gasteiger partial charge is 0.230 e. The van der Waals surface area contributed by atoms with Crippen LogP contribution in [0, 0.1) is 16.7 Å². The van der Waals surface area contributed by atoms with E-state index in [4.69, 9.17) is 0 Å². The van der Waals surface area contributed by atoms with Crippen molar-refractivity contribution in [2.45, 2.75) is 66.0 Å². The minimum absolute atomic E-state index is 0.0501. The number of quaternary nitrogens is 1. The second-order valence-corrected chi connectivity index (χ2v) is 9.48. The molecule has 0 saturated carbocycles. The number of anilines is 1. The van der Waals surface area contributed by atoms with Gasteiger partial charge in [0.2, 0.25) is 5.91 Å². The third kappa shape index (κ3) is 3.04. The fourth-order valence-electron chi connectivity index (χ4n) is 3.20. The summed E-state index contributed by atoms with van der Waals surface area (Å²) in [5.41, 5.74) is 1.24. The molecule has 0 radical (unpaired) electrons. The van der Waals surface area contributed by atoms with Crippen LogP contribution in [0.1, 0.15) is 64.5 Å². The molecule has 0 fully saturated rings. The molecule has 5 heteroatoms. The number of fused-ring (bicyclic) bond motifs is 1. The first-order valence-electron chi connectivity index (χ1n) is 7.62. The van der Waals surface area contributed by atoms with Crippen molar-refractivity contribution in [3.8, 4) is 6.07 Å². The Kier molecular flexibility index (Phi) is 3.92. The number of thiophene rings is 1. The molecule has 22 heavy (non-hydrogen) atoms. The zero-order valence-electron chi connectivity index (χ0n) is 14.5. The van der Waals surface area contributed by atoms with Gasteiger partial charge in [0.1, 0.15) is 16.6 Å². The third-order valence-electron chi connectivity index (χ3n) is 4.00. The predicted octanol–water partition coefficient (Wildman–Crippen LogP) is 2.74. The van der Waals surface area contributed by atoms with Crippen LogP contribution in [0.25, 0.3) is 0 Å². The van der Waals surface area contributed by atoms with Crippen molar-refractivity contribution in [1.29, 1.82) is 5.26 Å². The van der Waals surface area contributed by atoms with E-state index in [0.717, 1.165) is 12.0 Å². The van der Waals surface area contributed by atoms with Crippen LogP contribution in [0.2, 0.25) is 0 Å². The molecule has 0 aliphatic carbocycles. The summed E-state index contributed by atoms with van der Waals surface area (Å²) >= 11 is 1.55. The van der Waals surface area contributed by atoms with Crippen molar-refractivity contribution in [3.05, 3.63) is 16.0 Å². The largest absolute Gasteiger partial charge is 0.333 e. The van der Waals surface area contributed by atoms with Crippen molar-refractivity contribution in [1.82, 2.24) is 0 Å². The molecule has 120 valence electrons. The van der Waals surface area contributed by atoms with E-state index >= 15 is 0 Å². The van der Waals surface area contributed by atoms with Crippen molar-refractivity contribution in [2.75, 3.05) is 5.32 Å². The highest BCUT2D eigenvalue weighted by Crippen LogP contribution is 2.42. The number of carbonyl (C=O) groups is 1. The third-order valence-corrected chi connectivity index (χ3v) is 5.48. The Balaban J connectivity index is 2.51. The van der Waals surface area contributed by atoms with Gasteiger partial charge in [-0.1, -0.05) is 20.8 Å². The minimum Gasteiger partial charge on any atom is -0.333 e. The van der Waals surface area contributed by atoms with E-state index in [1.165, 1.54) is 4.88 Å². The molecule has 1 aromatic rings. The van der Waals surface area contributed by atoms with E-state index in [9.17, 15) is 10.1 Å². The Labute approximate surface area is 136 Å². The summed E-state index contributed by atoms with van der Waals surface area (Å²) < 4.78 is 0. The minimum atomic E-state index is -0.474. The Bertz CT molecular complexity index is 657. The first-order valence-corrected chi connectivity index (χ1v) is 8.44. The van der Waals surface area contributed by atoms with E-state index in [0.29, 0.717) is 10.6 Å². The van der Waals surface area contributed by atoms with Crippen LogP contribution in [0.4, 0.5) is 5.00 Å². The predicted molar refractivity (Wildman–Crippen MR) is 89.9 cm³/mol. The normalized spacial score (nSPS) is 19.2. The highest BCUT2D eigenvalue weighted by molar-refractivity contribution is 7.16. The van der Waals surface area contributed by atoms with Gasteiger partial charge >= 0.3 is 0 Å². The van der Waals surface area contributed by atoms with Crippen LogP contribution in [-0.2, 0) is 16.8 Å². The highest BCUT2D eigenvalue weighted by Gasteiger charge is 2.44. The molecule has 1 aliphatic heterocycles. The molecule has 1 aliphatic rings. The number of nitriles is 1. The molecular formula is C17H26N3OS+. The van der Waals surface area contributed by atoms with Crippen LogP contribution in [-0.4, -0.2) is 11.4 Å². The van der Waals surface area contributed by atoms with Crippen LogP contribution in [0.15, 0.2) is 0 Å². The molecule has 2 heterocycles. The van der Waals surface area contributed by atoms with Gasteiger partial charge in [0.15, 0.2) is 0 Å². The second kappa shape index (κ2) is 5.07. The van der Waals surface area contributed by atoms with Gasteiger partial charge in [0.25, 0.3) is 0 Å².